The summed E-state index contributed by atoms with van der Waals surface area (Å²) >= 11 is 0. The van der Waals surface area contributed by atoms with Crippen molar-refractivity contribution in [3.05, 3.63) is 51.2 Å². The molecule has 2 aliphatic heterocycles. The Balaban J connectivity index is 1.51. The van der Waals surface area contributed by atoms with E-state index in [-0.39, 0.29) is 5.56 Å². The summed E-state index contributed by atoms with van der Waals surface area (Å²) in [6.07, 6.45) is 2.53. The van der Waals surface area contributed by atoms with E-state index < -0.39 is 0 Å². The second-order valence-corrected chi connectivity index (χ2v) is 6.63. The van der Waals surface area contributed by atoms with Gasteiger partial charge in [0.05, 0.1) is 5.69 Å². The largest absolute Gasteiger partial charge is 0.486 e. The van der Waals surface area contributed by atoms with Gasteiger partial charge in [0.15, 0.2) is 11.5 Å². The fourth-order valence-corrected chi connectivity index (χ4v) is 3.48. The van der Waals surface area contributed by atoms with Crippen LogP contribution in [0.5, 0.6) is 11.5 Å². The molecular formula is C19H23N3O3. The highest BCUT2D eigenvalue weighted by molar-refractivity contribution is 5.43. The maximum atomic E-state index is 12.2. The first-order chi connectivity index (χ1) is 12.2. The number of ether oxygens (including phenoxy) is 2. The van der Waals surface area contributed by atoms with Crippen molar-refractivity contribution >= 4 is 0 Å². The maximum absolute atomic E-state index is 12.2. The summed E-state index contributed by atoms with van der Waals surface area (Å²) in [7, 11) is 0. The van der Waals surface area contributed by atoms with E-state index in [2.05, 4.69) is 33.9 Å². The molecule has 0 fully saturated rings. The van der Waals surface area contributed by atoms with Crippen LogP contribution in [0.2, 0.25) is 0 Å². The minimum absolute atomic E-state index is 0.0347. The van der Waals surface area contributed by atoms with Crippen LogP contribution in [0.3, 0.4) is 0 Å². The third-order valence-corrected chi connectivity index (χ3v) is 4.70. The molecule has 0 saturated heterocycles. The number of hydrogen-bond donors (Lipinski definition) is 1. The Morgan fingerprint density at radius 3 is 2.92 bits per heavy atom. The average molecular weight is 341 g/mol. The lowest BCUT2D eigenvalue weighted by molar-refractivity contribution is 0.171. The van der Waals surface area contributed by atoms with Crippen molar-refractivity contribution in [2.45, 2.75) is 39.3 Å². The molecule has 4 rings (SSSR count). The van der Waals surface area contributed by atoms with Gasteiger partial charge in [0.1, 0.15) is 19.0 Å². The molecule has 1 aromatic carbocycles. The monoisotopic (exact) mass is 341 g/mol. The number of aromatic nitrogens is 2. The SMILES string of the molecule is CCCc1nc2c(c(=O)[nH]1)CCN(Cc1ccc3c(c1)OCCO3)C2. The molecule has 0 bridgehead atoms. The van der Waals surface area contributed by atoms with Crippen molar-refractivity contribution < 1.29 is 9.47 Å². The zero-order valence-electron chi connectivity index (χ0n) is 14.5. The minimum Gasteiger partial charge on any atom is -0.486 e. The molecule has 0 unspecified atom stereocenters. The van der Waals surface area contributed by atoms with E-state index in [0.29, 0.717) is 19.8 Å². The van der Waals surface area contributed by atoms with Gasteiger partial charge >= 0.3 is 0 Å². The maximum Gasteiger partial charge on any atom is 0.254 e. The zero-order chi connectivity index (χ0) is 17.2. The molecule has 0 saturated carbocycles. The number of nitrogens with one attached hydrogen (secondary N) is 1. The summed E-state index contributed by atoms with van der Waals surface area (Å²) < 4.78 is 11.2. The number of aromatic amines is 1. The number of rotatable bonds is 4. The lowest BCUT2D eigenvalue weighted by atomic mass is 10.1. The van der Waals surface area contributed by atoms with Gasteiger partial charge in [-0.2, -0.15) is 0 Å². The number of benzene rings is 1. The second-order valence-electron chi connectivity index (χ2n) is 6.63. The van der Waals surface area contributed by atoms with Crippen LogP contribution in [0.4, 0.5) is 0 Å². The van der Waals surface area contributed by atoms with Crippen LogP contribution in [0, 0.1) is 0 Å². The van der Waals surface area contributed by atoms with E-state index in [4.69, 9.17) is 9.47 Å². The summed E-state index contributed by atoms with van der Waals surface area (Å²) in [5.74, 6) is 2.43. The molecule has 2 aromatic rings. The standard InChI is InChI=1S/C19H23N3O3/c1-2-3-18-20-15-12-22(7-6-14(15)19(23)21-18)11-13-4-5-16-17(10-13)25-9-8-24-16/h4-5,10H,2-3,6-9,11-12H2,1H3,(H,20,21,23). The molecule has 6 heteroatoms. The van der Waals surface area contributed by atoms with Crippen LogP contribution < -0.4 is 15.0 Å². The zero-order valence-corrected chi connectivity index (χ0v) is 14.5. The van der Waals surface area contributed by atoms with Gasteiger partial charge in [-0.25, -0.2) is 4.98 Å². The average Bonchev–Trinajstić information content (AvgIpc) is 2.62. The highest BCUT2D eigenvalue weighted by Crippen LogP contribution is 2.31. The summed E-state index contributed by atoms with van der Waals surface area (Å²) in [5.41, 5.74) is 2.99. The Bertz CT molecular complexity index is 831. The summed E-state index contributed by atoms with van der Waals surface area (Å²) in [6, 6.07) is 6.11. The predicted octanol–water partition coefficient (Wildman–Crippen LogP) is 2.05. The fourth-order valence-electron chi connectivity index (χ4n) is 3.48. The van der Waals surface area contributed by atoms with Gasteiger partial charge in [-0.3, -0.25) is 9.69 Å². The number of aryl methyl sites for hydroxylation is 1. The Labute approximate surface area is 146 Å². The highest BCUT2D eigenvalue weighted by atomic mass is 16.6. The molecule has 3 heterocycles. The highest BCUT2D eigenvalue weighted by Gasteiger charge is 2.21. The quantitative estimate of drug-likeness (QED) is 0.922. The van der Waals surface area contributed by atoms with Crippen LogP contribution in [-0.4, -0.2) is 34.6 Å². The number of hydrogen-bond acceptors (Lipinski definition) is 5. The first kappa shape index (κ1) is 16.1. The van der Waals surface area contributed by atoms with Crippen LogP contribution in [0.15, 0.2) is 23.0 Å². The molecular weight excluding hydrogens is 318 g/mol. The van der Waals surface area contributed by atoms with E-state index in [1.54, 1.807) is 0 Å². The van der Waals surface area contributed by atoms with Crippen LogP contribution >= 0.6 is 0 Å². The van der Waals surface area contributed by atoms with Gasteiger partial charge in [0.25, 0.3) is 5.56 Å². The molecule has 0 aliphatic carbocycles. The first-order valence-corrected chi connectivity index (χ1v) is 8.94. The molecule has 132 valence electrons. The van der Waals surface area contributed by atoms with Crippen molar-refractivity contribution in [2.75, 3.05) is 19.8 Å². The summed E-state index contributed by atoms with van der Waals surface area (Å²) in [6.45, 7) is 5.68. The molecule has 0 atom stereocenters. The topological polar surface area (TPSA) is 67.5 Å². The Kier molecular flexibility index (Phi) is 4.44. The van der Waals surface area contributed by atoms with Crippen molar-refractivity contribution in [3.8, 4) is 11.5 Å². The van der Waals surface area contributed by atoms with E-state index in [1.807, 2.05) is 6.07 Å². The number of nitrogens with zero attached hydrogens (tertiary/aromatic N) is 2. The van der Waals surface area contributed by atoms with E-state index in [1.165, 1.54) is 5.56 Å². The van der Waals surface area contributed by atoms with E-state index >= 15 is 0 Å². The molecule has 25 heavy (non-hydrogen) atoms. The Morgan fingerprint density at radius 2 is 2.08 bits per heavy atom. The van der Waals surface area contributed by atoms with E-state index in [0.717, 1.165) is 60.9 Å². The molecule has 2 aliphatic rings. The van der Waals surface area contributed by atoms with Crippen molar-refractivity contribution in [1.82, 2.24) is 14.9 Å². The number of H-pyrrole nitrogens is 1. The molecule has 6 nitrogen and oxygen atoms in total. The van der Waals surface area contributed by atoms with Gasteiger partial charge in [-0.15, -0.1) is 0 Å². The predicted molar refractivity (Wildman–Crippen MR) is 94.1 cm³/mol. The van der Waals surface area contributed by atoms with Crippen molar-refractivity contribution in [3.63, 3.8) is 0 Å². The van der Waals surface area contributed by atoms with Gasteiger partial charge in [0, 0.05) is 31.6 Å². The van der Waals surface area contributed by atoms with Crippen molar-refractivity contribution in [1.29, 1.82) is 0 Å². The molecule has 0 spiro atoms. The summed E-state index contributed by atoms with van der Waals surface area (Å²) in [5, 5.41) is 0. The normalized spacial score (nSPS) is 16.5. The third-order valence-electron chi connectivity index (χ3n) is 4.70. The summed E-state index contributed by atoms with van der Waals surface area (Å²) in [4.78, 5) is 22.2. The van der Waals surface area contributed by atoms with Gasteiger partial charge < -0.3 is 14.5 Å². The lowest BCUT2D eigenvalue weighted by Gasteiger charge is -2.28. The minimum atomic E-state index is 0.0347. The van der Waals surface area contributed by atoms with Crippen LogP contribution in [-0.2, 0) is 25.9 Å². The fraction of sp³-hybridized carbons (Fsp3) is 0.474. The molecule has 0 radical (unpaired) electrons. The van der Waals surface area contributed by atoms with Crippen LogP contribution in [0.1, 0.15) is 36.0 Å². The smallest absolute Gasteiger partial charge is 0.254 e. The van der Waals surface area contributed by atoms with Crippen LogP contribution in [0.25, 0.3) is 0 Å². The van der Waals surface area contributed by atoms with E-state index in [9.17, 15) is 4.79 Å². The Hall–Kier alpha value is -2.34. The Morgan fingerprint density at radius 1 is 1.24 bits per heavy atom. The molecule has 0 amide bonds. The lowest BCUT2D eigenvalue weighted by Crippen LogP contribution is -2.35. The third kappa shape index (κ3) is 3.39. The van der Waals surface area contributed by atoms with Gasteiger partial charge in [-0.1, -0.05) is 13.0 Å². The number of fused-ring (bicyclic) bond motifs is 2. The second kappa shape index (κ2) is 6.88. The van der Waals surface area contributed by atoms with Gasteiger partial charge in [0.2, 0.25) is 0 Å². The molecule has 1 N–H and O–H groups in total. The molecule has 1 aromatic heterocycles. The van der Waals surface area contributed by atoms with Gasteiger partial charge in [-0.05, 0) is 30.5 Å². The van der Waals surface area contributed by atoms with Crippen molar-refractivity contribution in [2.24, 2.45) is 0 Å². The first-order valence-electron chi connectivity index (χ1n) is 8.94.